The molecule has 6 nitrogen and oxygen atoms in total. The van der Waals surface area contributed by atoms with E-state index in [1.54, 1.807) is 28.6 Å². The highest BCUT2D eigenvalue weighted by atomic mass is 19.1. The molecule has 0 bridgehead atoms. The van der Waals surface area contributed by atoms with E-state index in [0.29, 0.717) is 42.5 Å². The zero-order valence-corrected chi connectivity index (χ0v) is 19.2. The summed E-state index contributed by atoms with van der Waals surface area (Å²) in [5.41, 5.74) is 5.36. The number of hydrogen-bond donors (Lipinski definition) is 0. The topological polar surface area (TPSA) is 61.7 Å². The summed E-state index contributed by atoms with van der Waals surface area (Å²) in [6.45, 7) is 5.64. The summed E-state index contributed by atoms with van der Waals surface area (Å²) in [5, 5.41) is 8.45. The van der Waals surface area contributed by atoms with Gasteiger partial charge in [-0.15, -0.1) is 0 Å². The fourth-order valence-electron chi connectivity index (χ4n) is 4.75. The van der Waals surface area contributed by atoms with Crippen molar-refractivity contribution in [2.45, 2.75) is 65.5 Å². The first-order valence-electron chi connectivity index (χ1n) is 12.1. The summed E-state index contributed by atoms with van der Waals surface area (Å²) in [6, 6.07) is 1.96. The maximum Gasteiger partial charge on any atom is 0.141 e. The lowest BCUT2D eigenvalue weighted by Crippen LogP contribution is -2.27. The third-order valence-corrected chi connectivity index (χ3v) is 6.84. The molecule has 1 aliphatic carbocycles. The van der Waals surface area contributed by atoms with Crippen molar-refractivity contribution in [1.82, 2.24) is 24.5 Å². The van der Waals surface area contributed by atoms with Crippen LogP contribution in [-0.2, 0) is 13.5 Å². The van der Waals surface area contributed by atoms with Gasteiger partial charge in [-0.25, -0.2) is 4.39 Å². The molecule has 5 rings (SSSR count). The minimum Gasteiger partial charge on any atom is -0.361 e. The Kier molecular flexibility index (Phi) is 4.40. The fraction of sp³-hybridized carbons (Fsp3) is 0.480. The van der Waals surface area contributed by atoms with Gasteiger partial charge in [0.15, 0.2) is 0 Å². The third-order valence-electron chi connectivity index (χ3n) is 6.84. The van der Waals surface area contributed by atoms with E-state index in [1.165, 1.54) is 0 Å². The molecule has 0 atom stereocenters. The van der Waals surface area contributed by atoms with Crippen LogP contribution in [0.4, 0.5) is 4.39 Å². The van der Waals surface area contributed by atoms with Crippen molar-refractivity contribution in [3.63, 3.8) is 0 Å². The molecule has 0 amide bonds. The smallest absolute Gasteiger partial charge is 0.141 e. The maximum absolute atomic E-state index is 14.5. The fourth-order valence-corrected chi connectivity index (χ4v) is 4.75. The van der Waals surface area contributed by atoms with Crippen molar-refractivity contribution in [3.05, 3.63) is 41.8 Å². The molecule has 0 spiro atoms. The SMILES string of the molecule is [2H]C([2H])(C1CCC(C)(F)CC1)n1cc(-c2cnn(C)c2C)c2ncc(-c3c(C)noc3C)cc21. The first-order valence-corrected chi connectivity index (χ1v) is 11.1. The normalized spacial score (nSPS) is 22.9. The Labute approximate surface area is 190 Å². The van der Waals surface area contributed by atoms with Crippen LogP contribution in [0.5, 0.6) is 0 Å². The van der Waals surface area contributed by atoms with Crippen LogP contribution in [0.25, 0.3) is 33.3 Å². The Bertz CT molecular complexity index is 1350. The second-order valence-electron chi connectivity index (χ2n) is 9.29. The van der Waals surface area contributed by atoms with Crippen molar-refractivity contribution in [2.24, 2.45) is 13.0 Å². The average Bonchev–Trinajstić information content (AvgIpc) is 3.43. The van der Waals surface area contributed by atoms with Crippen LogP contribution < -0.4 is 0 Å². The Hall–Kier alpha value is -2.96. The summed E-state index contributed by atoms with van der Waals surface area (Å²) in [5.74, 6) is 0.398. The number of fused-ring (bicyclic) bond motifs is 1. The number of nitrogens with zero attached hydrogens (tertiary/aromatic N) is 5. The number of hydrogen-bond acceptors (Lipinski definition) is 4. The summed E-state index contributed by atoms with van der Waals surface area (Å²) in [7, 11) is 1.89. The summed E-state index contributed by atoms with van der Waals surface area (Å²) in [4.78, 5) is 4.79. The molecule has 7 heteroatoms. The molecule has 1 saturated carbocycles. The molecule has 32 heavy (non-hydrogen) atoms. The molecule has 0 unspecified atom stereocenters. The predicted molar refractivity (Wildman–Crippen MR) is 123 cm³/mol. The minimum absolute atomic E-state index is 0.294. The van der Waals surface area contributed by atoms with E-state index in [-0.39, 0.29) is 5.92 Å². The molecule has 0 radical (unpaired) electrons. The van der Waals surface area contributed by atoms with Crippen LogP contribution in [0.15, 0.2) is 29.2 Å². The Morgan fingerprint density at radius 2 is 1.97 bits per heavy atom. The molecule has 1 fully saturated rings. The number of pyridine rings is 1. The monoisotopic (exact) mass is 437 g/mol. The summed E-state index contributed by atoms with van der Waals surface area (Å²) >= 11 is 0. The summed E-state index contributed by atoms with van der Waals surface area (Å²) in [6.07, 6.45) is 7.17. The second-order valence-corrected chi connectivity index (χ2v) is 9.29. The lowest BCUT2D eigenvalue weighted by Gasteiger charge is -2.31. The van der Waals surface area contributed by atoms with Crippen LogP contribution in [0.1, 0.15) is 52.5 Å². The van der Waals surface area contributed by atoms with E-state index in [2.05, 4.69) is 10.3 Å². The van der Waals surface area contributed by atoms with E-state index < -0.39 is 12.2 Å². The van der Waals surface area contributed by atoms with Gasteiger partial charge in [0.05, 0.1) is 25.7 Å². The zero-order chi connectivity index (χ0) is 24.4. The van der Waals surface area contributed by atoms with Crippen molar-refractivity contribution >= 4 is 11.0 Å². The van der Waals surface area contributed by atoms with Crippen molar-refractivity contribution in [3.8, 4) is 22.3 Å². The molecule has 4 aromatic rings. The number of halogens is 1. The molecule has 0 saturated heterocycles. The minimum atomic E-state index is -1.71. The highest BCUT2D eigenvalue weighted by Crippen LogP contribution is 2.38. The van der Waals surface area contributed by atoms with E-state index in [4.69, 9.17) is 12.2 Å². The molecule has 4 heterocycles. The van der Waals surface area contributed by atoms with E-state index in [1.807, 2.05) is 40.1 Å². The molecule has 0 aliphatic heterocycles. The molecule has 1 aliphatic rings. The largest absolute Gasteiger partial charge is 0.361 e. The maximum atomic E-state index is 14.5. The lowest BCUT2D eigenvalue weighted by atomic mass is 9.81. The molecular formula is C25H30FN5O. The van der Waals surface area contributed by atoms with Gasteiger partial charge in [-0.1, -0.05) is 5.16 Å². The van der Waals surface area contributed by atoms with Gasteiger partial charge in [0, 0.05) is 53.9 Å². The van der Waals surface area contributed by atoms with Crippen molar-refractivity contribution < 1.29 is 11.7 Å². The molecular weight excluding hydrogens is 405 g/mol. The number of aromatic nitrogens is 5. The van der Waals surface area contributed by atoms with E-state index in [0.717, 1.165) is 33.6 Å². The van der Waals surface area contributed by atoms with E-state index >= 15 is 0 Å². The van der Waals surface area contributed by atoms with Crippen molar-refractivity contribution in [1.29, 1.82) is 0 Å². The lowest BCUT2D eigenvalue weighted by molar-refractivity contribution is 0.0985. The molecule has 168 valence electrons. The Morgan fingerprint density at radius 1 is 1.22 bits per heavy atom. The number of rotatable bonds is 4. The first kappa shape index (κ1) is 18.6. The van der Waals surface area contributed by atoms with Gasteiger partial charge in [-0.3, -0.25) is 9.67 Å². The van der Waals surface area contributed by atoms with Gasteiger partial charge < -0.3 is 9.09 Å². The van der Waals surface area contributed by atoms with Gasteiger partial charge >= 0.3 is 0 Å². The highest BCUT2D eigenvalue weighted by molar-refractivity contribution is 5.95. The van der Waals surface area contributed by atoms with Crippen LogP contribution in [-0.4, -0.2) is 30.2 Å². The second kappa shape index (κ2) is 7.57. The quantitative estimate of drug-likeness (QED) is 0.397. The van der Waals surface area contributed by atoms with Gasteiger partial charge in [-0.2, -0.15) is 5.10 Å². The molecule has 0 aromatic carbocycles. The third kappa shape index (κ3) is 3.53. The molecule has 4 aromatic heterocycles. The van der Waals surface area contributed by atoms with Gasteiger partial charge in [0.25, 0.3) is 0 Å². The number of aryl methyl sites for hydroxylation is 3. The standard InChI is InChI=1S/C25H30FN5O/c1-15-23(17(3)32-29-15)19-10-22-24(27-11-19)21(20-12-28-30(5)16(20)2)14-31(22)13-18-6-8-25(4,26)9-7-18/h10-12,14,18H,6-9,13H2,1-5H3/i13D2. The van der Waals surface area contributed by atoms with Gasteiger partial charge in [-0.05, 0) is 65.4 Å². The predicted octanol–water partition coefficient (Wildman–Crippen LogP) is 5.94. The van der Waals surface area contributed by atoms with Gasteiger partial charge in [0.1, 0.15) is 11.4 Å². The van der Waals surface area contributed by atoms with Crippen LogP contribution in [0.2, 0.25) is 0 Å². The van der Waals surface area contributed by atoms with Crippen LogP contribution in [0, 0.1) is 26.7 Å². The number of alkyl halides is 1. The first-order chi connectivity index (χ1) is 16.0. The Morgan fingerprint density at radius 3 is 2.59 bits per heavy atom. The van der Waals surface area contributed by atoms with Crippen LogP contribution in [0.3, 0.4) is 0 Å². The highest BCUT2D eigenvalue weighted by Gasteiger charge is 2.31. The van der Waals surface area contributed by atoms with E-state index in [9.17, 15) is 4.39 Å². The van der Waals surface area contributed by atoms with Crippen LogP contribution >= 0.6 is 0 Å². The molecule has 0 N–H and O–H groups in total. The van der Waals surface area contributed by atoms with Gasteiger partial charge in [0.2, 0.25) is 0 Å². The van der Waals surface area contributed by atoms with Crippen molar-refractivity contribution in [2.75, 3.05) is 0 Å². The Balaban J connectivity index is 1.71. The summed E-state index contributed by atoms with van der Waals surface area (Å²) < 4.78 is 41.7. The zero-order valence-electron chi connectivity index (χ0n) is 21.2. The average molecular weight is 438 g/mol.